The largest absolute Gasteiger partial charge is 0.417 e. The van der Waals surface area contributed by atoms with Crippen LogP contribution in [0.15, 0.2) is 48.5 Å². The molecular formula is C27H27F5N4O3. The number of amides is 3. The summed E-state index contributed by atoms with van der Waals surface area (Å²) in [5, 5.41) is 2.10. The Bertz CT molecular complexity index is 1320. The number of fused-ring (bicyclic) bond motifs is 1. The topological polar surface area (TPSA) is 95.7 Å². The van der Waals surface area contributed by atoms with Gasteiger partial charge in [-0.3, -0.25) is 14.4 Å². The van der Waals surface area contributed by atoms with E-state index in [1.807, 2.05) is 11.8 Å². The van der Waals surface area contributed by atoms with Gasteiger partial charge in [0, 0.05) is 49.0 Å². The molecule has 7 nitrogen and oxygen atoms in total. The second-order valence-electron chi connectivity index (χ2n) is 9.74. The lowest BCUT2D eigenvalue weighted by atomic mass is 9.97. The molecule has 0 bridgehead atoms. The molecule has 2 aromatic carbocycles. The van der Waals surface area contributed by atoms with E-state index in [0.717, 1.165) is 23.5 Å². The second kappa shape index (κ2) is 10.7. The monoisotopic (exact) mass is 550 g/mol. The Labute approximate surface area is 221 Å². The first-order chi connectivity index (χ1) is 18.3. The molecule has 1 atom stereocenters. The molecule has 3 N–H and O–H groups in total. The van der Waals surface area contributed by atoms with Crippen molar-refractivity contribution in [3.8, 4) is 0 Å². The molecule has 0 aromatic heterocycles. The van der Waals surface area contributed by atoms with Crippen LogP contribution in [0.2, 0.25) is 0 Å². The fourth-order valence-corrected chi connectivity index (χ4v) is 4.86. The van der Waals surface area contributed by atoms with Crippen LogP contribution in [0.3, 0.4) is 0 Å². The molecule has 1 fully saturated rings. The van der Waals surface area contributed by atoms with Gasteiger partial charge in [0.1, 0.15) is 0 Å². The number of halogens is 5. The number of hydrogen-bond acceptors (Lipinski definition) is 4. The highest BCUT2D eigenvalue weighted by Crippen LogP contribution is 2.44. The van der Waals surface area contributed by atoms with E-state index in [0.29, 0.717) is 30.8 Å². The van der Waals surface area contributed by atoms with Crippen LogP contribution in [0, 0.1) is 5.92 Å². The number of nitrogens with one attached hydrogen (secondary N) is 1. The molecule has 12 heteroatoms. The SMILES string of the molecule is C[C@@H]1CCN(c2ccc(C(=O)N3CCC(F)(F)C(=CC(=O)NCC(N)=O)c4ccccc43)c(C(F)(F)F)c2)C1. The molecule has 0 spiro atoms. The molecule has 0 unspecified atom stereocenters. The van der Waals surface area contributed by atoms with Crippen molar-refractivity contribution in [1.82, 2.24) is 5.32 Å². The highest BCUT2D eigenvalue weighted by Gasteiger charge is 2.43. The lowest BCUT2D eigenvalue weighted by molar-refractivity contribution is -0.137. The average Bonchev–Trinajstić information content (AvgIpc) is 3.27. The van der Waals surface area contributed by atoms with E-state index in [1.165, 1.54) is 30.3 Å². The number of para-hydroxylation sites is 1. The molecule has 2 aromatic rings. The number of anilines is 2. The lowest BCUT2D eigenvalue weighted by Crippen LogP contribution is -2.35. The number of nitrogens with two attached hydrogens (primary N) is 1. The van der Waals surface area contributed by atoms with Crippen LogP contribution in [-0.4, -0.2) is 49.8 Å². The minimum absolute atomic E-state index is 0.0702. The number of allylic oxidation sites excluding steroid dienone is 1. The molecule has 4 rings (SSSR count). The Morgan fingerprint density at radius 1 is 1.13 bits per heavy atom. The van der Waals surface area contributed by atoms with Gasteiger partial charge >= 0.3 is 6.18 Å². The molecular weight excluding hydrogens is 523 g/mol. The van der Waals surface area contributed by atoms with Crippen LogP contribution in [0.1, 0.15) is 41.3 Å². The molecule has 0 radical (unpaired) electrons. The summed E-state index contributed by atoms with van der Waals surface area (Å²) >= 11 is 0. The maximum absolute atomic E-state index is 15.3. The zero-order valence-corrected chi connectivity index (χ0v) is 21.0. The van der Waals surface area contributed by atoms with Gasteiger partial charge in [-0.15, -0.1) is 0 Å². The molecule has 208 valence electrons. The summed E-state index contributed by atoms with van der Waals surface area (Å²) in [6.45, 7) is 1.99. The molecule has 2 heterocycles. The minimum atomic E-state index is -4.87. The van der Waals surface area contributed by atoms with Gasteiger partial charge in [-0.25, -0.2) is 8.78 Å². The smallest absolute Gasteiger partial charge is 0.371 e. The first kappa shape index (κ1) is 28.1. The van der Waals surface area contributed by atoms with Crippen LogP contribution in [0.4, 0.5) is 33.3 Å². The quantitative estimate of drug-likeness (QED) is 0.431. The Kier molecular flexibility index (Phi) is 7.67. The minimum Gasteiger partial charge on any atom is -0.371 e. The Balaban J connectivity index is 1.76. The third kappa shape index (κ3) is 6.04. The number of rotatable bonds is 5. The fourth-order valence-electron chi connectivity index (χ4n) is 4.86. The molecule has 0 saturated carbocycles. The Morgan fingerprint density at radius 3 is 2.49 bits per heavy atom. The van der Waals surface area contributed by atoms with E-state index in [9.17, 15) is 27.6 Å². The maximum atomic E-state index is 15.3. The van der Waals surface area contributed by atoms with Gasteiger partial charge in [-0.05, 0) is 36.6 Å². The van der Waals surface area contributed by atoms with Gasteiger partial charge in [0.25, 0.3) is 11.8 Å². The number of alkyl halides is 5. The first-order valence-electron chi connectivity index (χ1n) is 12.3. The number of benzene rings is 2. The highest BCUT2D eigenvalue weighted by atomic mass is 19.4. The van der Waals surface area contributed by atoms with E-state index in [2.05, 4.69) is 5.32 Å². The van der Waals surface area contributed by atoms with Gasteiger partial charge in [0.2, 0.25) is 11.8 Å². The van der Waals surface area contributed by atoms with Crippen molar-refractivity contribution in [2.75, 3.05) is 36.0 Å². The Morgan fingerprint density at radius 2 is 1.85 bits per heavy atom. The summed E-state index contributed by atoms with van der Waals surface area (Å²) in [5.74, 6) is -6.28. The molecule has 2 aliphatic heterocycles. The third-order valence-corrected chi connectivity index (χ3v) is 6.81. The van der Waals surface area contributed by atoms with Crippen LogP contribution in [0.5, 0.6) is 0 Å². The van der Waals surface area contributed by atoms with E-state index in [4.69, 9.17) is 5.73 Å². The first-order valence-corrected chi connectivity index (χ1v) is 12.3. The predicted molar refractivity (Wildman–Crippen MR) is 135 cm³/mol. The van der Waals surface area contributed by atoms with Crippen molar-refractivity contribution in [1.29, 1.82) is 0 Å². The number of carbonyl (C=O) groups is 3. The highest BCUT2D eigenvalue weighted by molar-refractivity contribution is 6.10. The summed E-state index contributed by atoms with van der Waals surface area (Å²) in [5.41, 5.74) is 2.50. The van der Waals surface area contributed by atoms with E-state index < -0.39 is 66.0 Å². The summed E-state index contributed by atoms with van der Waals surface area (Å²) in [6, 6.07) is 8.90. The summed E-state index contributed by atoms with van der Waals surface area (Å²) in [4.78, 5) is 39.5. The lowest BCUT2D eigenvalue weighted by Gasteiger charge is -2.26. The van der Waals surface area contributed by atoms with Crippen LogP contribution < -0.4 is 20.9 Å². The third-order valence-electron chi connectivity index (χ3n) is 6.81. The van der Waals surface area contributed by atoms with Crippen LogP contribution >= 0.6 is 0 Å². The van der Waals surface area contributed by atoms with E-state index >= 15 is 8.78 Å². The molecule has 0 aliphatic carbocycles. The fraction of sp³-hybridized carbons (Fsp3) is 0.370. The number of carbonyl (C=O) groups excluding carboxylic acids is 3. The zero-order chi connectivity index (χ0) is 28.5. The van der Waals surface area contributed by atoms with Crippen molar-refractivity contribution >= 4 is 34.7 Å². The number of primary amides is 1. The summed E-state index contributed by atoms with van der Waals surface area (Å²) < 4.78 is 73.0. The van der Waals surface area contributed by atoms with Gasteiger partial charge < -0.3 is 20.9 Å². The zero-order valence-electron chi connectivity index (χ0n) is 21.0. The normalized spacial score (nSPS) is 19.9. The molecule has 39 heavy (non-hydrogen) atoms. The van der Waals surface area contributed by atoms with Crippen molar-refractivity contribution in [2.45, 2.75) is 31.9 Å². The van der Waals surface area contributed by atoms with Gasteiger partial charge in [-0.1, -0.05) is 25.1 Å². The standard InChI is InChI=1S/C27H27F5N4O3/c1-16-8-10-35(15-16)17-6-7-19(21(12-17)27(30,31)32)25(39)36-11-9-26(28,29)20(13-24(38)34-14-23(33)37)18-4-2-3-5-22(18)36/h2-7,12-13,16H,8-11,14-15H2,1H3,(H2,33,37)(H,34,38)/t16-/m1/s1. The van der Waals surface area contributed by atoms with Crippen LogP contribution in [-0.2, 0) is 15.8 Å². The molecule has 1 saturated heterocycles. The van der Waals surface area contributed by atoms with Crippen molar-refractivity contribution in [3.05, 3.63) is 65.2 Å². The molecule has 3 amide bonds. The number of hydrogen-bond donors (Lipinski definition) is 2. The predicted octanol–water partition coefficient (Wildman–Crippen LogP) is 4.22. The van der Waals surface area contributed by atoms with Gasteiger partial charge in [0.15, 0.2) is 0 Å². The molecule has 2 aliphatic rings. The van der Waals surface area contributed by atoms with E-state index in [1.54, 1.807) is 0 Å². The van der Waals surface area contributed by atoms with Gasteiger partial charge in [0.05, 0.1) is 23.4 Å². The van der Waals surface area contributed by atoms with E-state index in [-0.39, 0.29) is 11.3 Å². The van der Waals surface area contributed by atoms with Crippen molar-refractivity contribution in [2.24, 2.45) is 11.7 Å². The maximum Gasteiger partial charge on any atom is 0.417 e. The summed E-state index contributed by atoms with van der Waals surface area (Å²) in [7, 11) is 0. The van der Waals surface area contributed by atoms with Gasteiger partial charge in [-0.2, -0.15) is 13.2 Å². The Hall–Kier alpha value is -3.96. The number of nitrogens with zero attached hydrogens (tertiary/aromatic N) is 2. The van der Waals surface area contributed by atoms with Crippen LogP contribution in [0.25, 0.3) is 5.57 Å². The second-order valence-corrected chi connectivity index (χ2v) is 9.74. The van der Waals surface area contributed by atoms with Crippen molar-refractivity contribution < 1.29 is 36.3 Å². The summed E-state index contributed by atoms with van der Waals surface area (Å²) in [6.07, 6.45) is -4.38. The van der Waals surface area contributed by atoms with Crippen molar-refractivity contribution in [3.63, 3.8) is 0 Å². The average molecular weight is 551 g/mol.